The van der Waals surface area contributed by atoms with Crippen molar-refractivity contribution in [3.05, 3.63) is 20.3 Å². The van der Waals surface area contributed by atoms with Gasteiger partial charge in [0.15, 0.2) is 0 Å². The molecule has 0 radical (unpaired) electrons. The Hall–Kier alpha value is -0.290. The zero-order valence-corrected chi connectivity index (χ0v) is 12.4. The minimum Gasteiger partial charge on any atom is -0.481 e. The first-order chi connectivity index (χ1) is 8.49. The second-order valence-corrected chi connectivity index (χ2v) is 6.89. The Kier molecular flexibility index (Phi) is 4.54. The summed E-state index contributed by atoms with van der Waals surface area (Å²) in [6, 6.07) is 2.10. The standard InChI is InChI=1S/C12H15Cl2NO2S/c1-7(9-6-10(13)18-11(9)14)15-4-2-8(3-5-15)12(16)17/h6-8H,2-5H2,1H3,(H,16,17). The molecule has 2 rings (SSSR count). The number of nitrogens with zero attached hydrogens (tertiary/aromatic N) is 1. The summed E-state index contributed by atoms with van der Waals surface area (Å²) < 4.78 is 1.43. The molecule has 1 N–H and O–H groups in total. The van der Waals surface area contributed by atoms with Crippen LogP contribution in [0.5, 0.6) is 0 Å². The van der Waals surface area contributed by atoms with E-state index in [4.69, 9.17) is 28.3 Å². The number of aliphatic carboxylic acids is 1. The number of carboxylic acid groups (broad SMARTS) is 1. The summed E-state index contributed by atoms with van der Waals surface area (Å²) in [6.45, 7) is 3.68. The number of likely N-dealkylation sites (tertiary alicyclic amines) is 1. The van der Waals surface area contributed by atoms with Crippen LogP contribution in [0.1, 0.15) is 31.4 Å². The third-order valence-corrected chi connectivity index (χ3v) is 5.08. The average Bonchev–Trinajstić information content (AvgIpc) is 2.67. The van der Waals surface area contributed by atoms with E-state index in [9.17, 15) is 4.79 Å². The summed E-state index contributed by atoms with van der Waals surface area (Å²) in [5, 5.41) is 8.97. The molecular formula is C12H15Cl2NO2S. The second kappa shape index (κ2) is 5.78. The summed E-state index contributed by atoms with van der Waals surface area (Å²) in [5.74, 6) is -0.881. The fraction of sp³-hybridized carbons (Fsp3) is 0.583. The molecule has 1 aromatic rings. The van der Waals surface area contributed by atoms with E-state index < -0.39 is 5.97 Å². The maximum absolute atomic E-state index is 10.9. The molecule has 100 valence electrons. The summed E-state index contributed by atoms with van der Waals surface area (Å²) in [6.07, 6.45) is 1.41. The molecule has 2 heterocycles. The number of carboxylic acids is 1. The van der Waals surface area contributed by atoms with Gasteiger partial charge in [0, 0.05) is 11.6 Å². The van der Waals surface area contributed by atoms with Gasteiger partial charge in [-0.3, -0.25) is 9.69 Å². The first-order valence-electron chi connectivity index (χ1n) is 5.90. The second-order valence-electron chi connectivity index (χ2n) is 4.60. The van der Waals surface area contributed by atoms with Gasteiger partial charge in [-0.2, -0.15) is 0 Å². The maximum atomic E-state index is 10.9. The third-order valence-electron chi connectivity index (χ3n) is 3.56. The van der Waals surface area contributed by atoms with E-state index in [1.165, 1.54) is 11.3 Å². The van der Waals surface area contributed by atoms with Crippen LogP contribution >= 0.6 is 34.5 Å². The van der Waals surface area contributed by atoms with Crippen LogP contribution in [-0.4, -0.2) is 29.1 Å². The molecule has 0 amide bonds. The van der Waals surface area contributed by atoms with Crippen molar-refractivity contribution in [3.63, 3.8) is 0 Å². The lowest BCUT2D eigenvalue weighted by molar-refractivity contribution is -0.143. The highest BCUT2D eigenvalue weighted by atomic mass is 35.5. The summed E-state index contributed by atoms with van der Waals surface area (Å²) >= 11 is 13.5. The van der Waals surface area contributed by atoms with Gasteiger partial charge in [-0.1, -0.05) is 23.2 Å². The Labute approximate surface area is 120 Å². The Bertz CT molecular complexity index is 441. The van der Waals surface area contributed by atoms with Crippen LogP contribution in [-0.2, 0) is 4.79 Å². The molecule has 18 heavy (non-hydrogen) atoms. The molecule has 1 fully saturated rings. The SMILES string of the molecule is CC(c1cc(Cl)sc1Cl)N1CCC(C(=O)O)CC1. The van der Waals surface area contributed by atoms with E-state index >= 15 is 0 Å². The van der Waals surface area contributed by atoms with Gasteiger partial charge in [0.25, 0.3) is 0 Å². The van der Waals surface area contributed by atoms with E-state index in [2.05, 4.69) is 11.8 Å². The number of piperidine rings is 1. The lowest BCUT2D eigenvalue weighted by Gasteiger charge is -2.34. The van der Waals surface area contributed by atoms with E-state index in [-0.39, 0.29) is 12.0 Å². The molecule has 1 aromatic heterocycles. The number of halogens is 2. The van der Waals surface area contributed by atoms with Gasteiger partial charge in [0.2, 0.25) is 0 Å². The molecule has 0 spiro atoms. The quantitative estimate of drug-likeness (QED) is 0.920. The number of hydrogen-bond donors (Lipinski definition) is 1. The maximum Gasteiger partial charge on any atom is 0.306 e. The summed E-state index contributed by atoms with van der Waals surface area (Å²) in [4.78, 5) is 13.2. The Morgan fingerprint density at radius 3 is 2.56 bits per heavy atom. The van der Waals surface area contributed by atoms with E-state index in [0.29, 0.717) is 17.2 Å². The molecule has 0 aromatic carbocycles. The molecule has 1 aliphatic heterocycles. The number of carbonyl (C=O) groups is 1. The molecule has 3 nitrogen and oxygen atoms in total. The monoisotopic (exact) mass is 307 g/mol. The predicted octanol–water partition coefficient (Wildman–Crippen LogP) is 3.91. The smallest absolute Gasteiger partial charge is 0.306 e. The van der Waals surface area contributed by atoms with Crippen LogP contribution in [0.4, 0.5) is 0 Å². The van der Waals surface area contributed by atoms with Crippen LogP contribution in [0.3, 0.4) is 0 Å². The number of thiophene rings is 1. The molecule has 1 saturated heterocycles. The Morgan fingerprint density at radius 2 is 2.11 bits per heavy atom. The number of rotatable bonds is 3. The molecule has 0 bridgehead atoms. The van der Waals surface area contributed by atoms with Crippen LogP contribution in [0.2, 0.25) is 8.67 Å². The van der Waals surface area contributed by atoms with Crippen LogP contribution < -0.4 is 0 Å². The van der Waals surface area contributed by atoms with E-state index in [1.54, 1.807) is 0 Å². The van der Waals surface area contributed by atoms with Gasteiger partial charge in [0.1, 0.15) is 0 Å². The Balaban J connectivity index is 2.01. The first-order valence-corrected chi connectivity index (χ1v) is 7.48. The third kappa shape index (κ3) is 2.99. The minimum atomic E-state index is -0.682. The van der Waals surface area contributed by atoms with Gasteiger partial charge in [0.05, 0.1) is 14.6 Å². The summed E-state index contributed by atoms with van der Waals surface area (Å²) in [5.41, 5.74) is 1.04. The van der Waals surface area contributed by atoms with Crippen molar-refractivity contribution >= 4 is 40.5 Å². The molecular weight excluding hydrogens is 293 g/mol. The molecule has 0 aliphatic carbocycles. The highest BCUT2D eigenvalue weighted by Crippen LogP contribution is 2.38. The lowest BCUT2D eigenvalue weighted by Crippen LogP contribution is -2.37. The molecule has 1 atom stereocenters. The highest BCUT2D eigenvalue weighted by Gasteiger charge is 2.28. The van der Waals surface area contributed by atoms with Crippen molar-refractivity contribution < 1.29 is 9.90 Å². The fourth-order valence-electron chi connectivity index (χ4n) is 2.37. The predicted molar refractivity (Wildman–Crippen MR) is 74.7 cm³/mol. The van der Waals surface area contributed by atoms with Crippen molar-refractivity contribution in [3.8, 4) is 0 Å². The van der Waals surface area contributed by atoms with Gasteiger partial charge in [-0.25, -0.2) is 0 Å². The zero-order chi connectivity index (χ0) is 13.3. The summed E-state index contributed by atoms with van der Waals surface area (Å²) in [7, 11) is 0. The van der Waals surface area contributed by atoms with Crippen LogP contribution in [0, 0.1) is 5.92 Å². The number of hydrogen-bond acceptors (Lipinski definition) is 3. The fourth-order valence-corrected chi connectivity index (χ4v) is 4.00. The van der Waals surface area contributed by atoms with E-state index in [0.717, 1.165) is 23.0 Å². The topological polar surface area (TPSA) is 40.5 Å². The van der Waals surface area contributed by atoms with Gasteiger partial charge >= 0.3 is 5.97 Å². The first kappa shape index (κ1) is 14.1. The largest absolute Gasteiger partial charge is 0.481 e. The van der Waals surface area contributed by atoms with Crippen molar-refractivity contribution in [2.24, 2.45) is 5.92 Å². The van der Waals surface area contributed by atoms with Crippen molar-refractivity contribution in [2.75, 3.05) is 13.1 Å². The van der Waals surface area contributed by atoms with Gasteiger partial charge in [-0.05, 0) is 38.9 Å². The molecule has 1 unspecified atom stereocenters. The van der Waals surface area contributed by atoms with Gasteiger partial charge in [-0.15, -0.1) is 11.3 Å². The van der Waals surface area contributed by atoms with Gasteiger partial charge < -0.3 is 5.11 Å². The zero-order valence-electron chi connectivity index (χ0n) is 10.0. The van der Waals surface area contributed by atoms with Crippen LogP contribution in [0.15, 0.2) is 6.07 Å². The lowest BCUT2D eigenvalue weighted by atomic mass is 9.95. The molecule has 1 aliphatic rings. The van der Waals surface area contributed by atoms with Crippen molar-refractivity contribution in [1.29, 1.82) is 0 Å². The van der Waals surface area contributed by atoms with Crippen molar-refractivity contribution in [2.45, 2.75) is 25.8 Å². The normalized spacial score (nSPS) is 19.9. The Morgan fingerprint density at radius 1 is 1.50 bits per heavy atom. The average molecular weight is 308 g/mol. The highest BCUT2D eigenvalue weighted by molar-refractivity contribution is 7.20. The van der Waals surface area contributed by atoms with Crippen molar-refractivity contribution in [1.82, 2.24) is 4.90 Å². The van der Waals surface area contributed by atoms with E-state index in [1.807, 2.05) is 6.07 Å². The minimum absolute atomic E-state index is 0.191. The molecule has 6 heteroatoms. The molecule has 0 saturated carbocycles. The van der Waals surface area contributed by atoms with Crippen LogP contribution in [0.25, 0.3) is 0 Å².